The summed E-state index contributed by atoms with van der Waals surface area (Å²) in [5, 5.41) is 3.31. The van der Waals surface area contributed by atoms with Crippen molar-refractivity contribution in [1.29, 1.82) is 0 Å². The van der Waals surface area contributed by atoms with Gasteiger partial charge in [0.15, 0.2) is 0 Å². The number of hydrogen-bond acceptors (Lipinski definition) is 4. The van der Waals surface area contributed by atoms with E-state index in [0.717, 1.165) is 36.3 Å². The SMILES string of the molecule is COCCNCc1ccc(OC(C)CCOC)c(Br)c1. The summed E-state index contributed by atoms with van der Waals surface area (Å²) in [7, 11) is 3.41. The molecule has 0 heterocycles. The van der Waals surface area contributed by atoms with Gasteiger partial charge in [-0.05, 0) is 40.5 Å². The van der Waals surface area contributed by atoms with Gasteiger partial charge in [0.1, 0.15) is 5.75 Å². The average Bonchev–Trinajstić information content (AvgIpc) is 2.44. The molecule has 0 aliphatic heterocycles. The molecule has 1 aromatic rings. The minimum Gasteiger partial charge on any atom is -0.489 e. The smallest absolute Gasteiger partial charge is 0.133 e. The molecule has 1 unspecified atom stereocenters. The predicted molar refractivity (Wildman–Crippen MR) is 84.3 cm³/mol. The van der Waals surface area contributed by atoms with E-state index in [0.29, 0.717) is 6.61 Å². The summed E-state index contributed by atoms with van der Waals surface area (Å²) in [6, 6.07) is 6.15. The Hall–Kier alpha value is -0.620. The first-order chi connectivity index (χ1) is 9.67. The third kappa shape index (κ3) is 6.70. The maximum atomic E-state index is 5.88. The monoisotopic (exact) mass is 345 g/mol. The number of halogens is 1. The molecule has 0 aromatic heterocycles. The molecule has 0 radical (unpaired) electrons. The van der Waals surface area contributed by atoms with Gasteiger partial charge in [0.25, 0.3) is 0 Å². The molecule has 0 aliphatic carbocycles. The van der Waals surface area contributed by atoms with Crippen LogP contribution in [-0.2, 0) is 16.0 Å². The van der Waals surface area contributed by atoms with Gasteiger partial charge in [-0.2, -0.15) is 0 Å². The molecule has 5 heteroatoms. The van der Waals surface area contributed by atoms with Crippen molar-refractivity contribution in [2.75, 3.05) is 34.0 Å². The van der Waals surface area contributed by atoms with E-state index in [-0.39, 0.29) is 6.10 Å². The first kappa shape index (κ1) is 17.4. The van der Waals surface area contributed by atoms with Gasteiger partial charge in [-0.25, -0.2) is 0 Å². The van der Waals surface area contributed by atoms with E-state index >= 15 is 0 Å². The first-order valence-corrected chi connectivity index (χ1v) is 7.60. The molecule has 0 fully saturated rings. The normalized spacial score (nSPS) is 12.4. The van der Waals surface area contributed by atoms with Crippen molar-refractivity contribution in [2.24, 2.45) is 0 Å². The second kappa shape index (κ2) is 10.2. The van der Waals surface area contributed by atoms with Gasteiger partial charge in [-0.1, -0.05) is 6.07 Å². The molecule has 1 N–H and O–H groups in total. The quantitative estimate of drug-likeness (QED) is 0.661. The van der Waals surface area contributed by atoms with Gasteiger partial charge in [0.05, 0.1) is 17.2 Å². The van der Waals surface area contributed by atoms with Crippen LogP contribution in [0.3, 0.4) is 0 Å². The van der Waals surface area contributed by atoms with Crippen LogP contribution >= 0.6 is 15.9 Å². The van der Waals surface area contributed by atoms with Crippen LogP contribution in [-0.4, -0.2) is 40.1 Å². The van der Waals surface area contributed by atoms with Crippen LogP contribution in [0.5, 0.6) is 5.75 Å². The lowest BCUT2D eigenvalue weighted by atomic mass is 10.2. The fourth-order valence-electron chi connectivity index (χ4n) is 1.72. The zero-order valence-corrected chi connectivity index (χ0v) is 14.0. The van der Waals surface area contributed by atoms with Crippen LogP contribution in [0.1, 0.15) is 18.9 Å². The number of ether oxygens (including phenoxy) is 3. The Bertz CT molecular complexity index is 387. The molecule has 0 amide bonds. The summed E-state index contributed by atoms with van der Waals surface area (Å²) in [4.78, 5) is 0. The zero-order valence-electron chi connectivity index (χ0n) is 12.4. The highest BCUT2D eigenvalue weighted by Crippen LogP contribution is 2.27. The Morgan fingerprint density at radius 1 is 1.20 bits per heavy atom. The van der Waals surface area contributed by atoms with Crippen molar-refractivity contribution in [3.63, 3.8) is 0 Å². The molecule has 4 nitrogen and oxygen atoms in total. The fraction of sp³-hybridized carbons (Fsp3) is 0.600. The van der Waals surface area contributed by atoms with Gasteiger partial charge < -0.3 is 19.5 Å². The summed E-state index contributed by atoms with van der Waals surface area (Å²) in [6.45, 7) is 5.15. The second-order valence-electron chi connectivity index (χ2n) is 4.64. The highest BCUT2D eigenvalue weighted by Gasteiger charge is 2.07. The number of rotatable bonds is 10. The van der Waals surface area contributed by atoms with E-state index < -0.39 is 0 Å². The Labute approximate surface area is 129 Å². The maximum absolute atomic E-state index is 5.88. The topological polar surface area (TPSA) is 39.7 Å². The van der Waals surface area contributed by atoms with Crippen LogP contribution in [0.25, 0.3) is 0 Å². The van der Waals surface area contributed by atoms with Crippen LogP contribution in [0, 0.1) is 0 Å². The Balaban J connectivity index is 2.46. The van der Waals surface area contributed by atoms with Gasteiger partial charge in [-0.3, -0.25) is 0 Å². The molecule has 0 bridgehead atoms. The molecular weight excluding hydrogens is 322 g/mol. The molecule has 20 heavy (non-hydrogen) atoms. The number of nitrogens with one attached hydrogen (secondary N) is 1. The number of methoxy groups -OCH3 is 2. The Morgan fingerprint density at radius 3 is 2.60 bits per heavy atom. The first-order valence-electron chi connectivity index (χ1n) is 6.81. The van der Waals surface area contributed by atoms with Crippen molar-refractivity contribution in [2.45, 2.75) is 26.0 Å². The summed E-state index contributed by atoms with van der Waals surface area (Å²) in [5.74, 6) is 0.870. The van der Waals surface area contributed by atoms with Gasteiger partial charge in [-0.15, -0.1) is 0 Å². The van der Waals surface area contributed by atoms with Crippen LogP contribution in [0.4, 0.5) is 0 Å². The molecule has 114 valence electrons. The lowest BCUT2D eigenvalue weighted by molar-refractivity contribution is 0.134. The molecule has 0 saturated heterocycles. The summed E-state index contributed by atoms with van der Waals surface area (Å²) in [5.41, 5.74) is 1.21. The zero-order chi connectivity index (χ0) is 14.8. The molecule has 0 spiro atoms. The average molecular weight is 346 g/mol. The van der Waals surface area contributed by atoms with Gasteiger partial charge in [0, 0.05) is 40.3 Å². The third-order valence-corrected chi connectivity index (χ3v) is 3.48. The predicted octanol–water partition coefficient (Wildman–Crippen LogP) is 2.99. The molecular formula is C15H24BrNO3. The van der Waals surface area contributed by atoms with Gasteiger partial charge in [0.2, 0.25) is 0 Å². The highest BCUT2D eigenvalue weighted by atomic mass is 79.9. The van der Waals surface area contributed by atoms with Crippen molar-refractivity contribution in [3.05, 3.63) is 28.2 Å². The number of benzene rings is 1. The molecule has 0 saturated carbocycles. The Morgan fingerprint density at radius 2 is 1.95 bits per heavy atom. The largest absolute Gasteiger partial charge is 0.489 e. The maximum Gasteiger partial charge on any atom is 0.133 e. The van der Waals surface area contributed by atoms with E-state index in [4.69, 9.17) is 14.2 Å². The van der Waals surface area contributed by atoms with Crippen LogP contribution in [0.15, 0.2) is 22.7 Å². The summed E-state index contributed by atoms with van der Waals surface area (Å²) in [6.07, 6.45) is 1.01. The van der Waals surface area contributed by atoms with Crippen molar-refractivity contribution in [3.8, 4) is 5.75 Å². The highest BCUT2D eigenvalue weighted by molar-refractivity contribution is 9.10. The lowest BCUT2D eigenvalue weighted by Gasteiger charge is -2.16. The fourth-order valence-corrected chi connectivity index (χ4v) is 2.24. The molecule has 1 atom stereocenters. The van der Waals surface area contributed by atoms with Gasteiger partial charge >= 0.3 is 0 Å². The standard InChI is InChI=1S/C15H24BrNO3/c1-12(6-8-18-2)20-15-5-4-13(10-14(15)16)11-17-7-9-19-3/h4-5,10,12,17H,6-9,11H2,1-3H3. The van der Waals surface area contributed by atoms with E-state index in [1.807, 2.05) is 13.0 Å². The second-order valence-corrected chi connectivity index (χ2v) is 5.50. The van der Waals surface area contributed by atoms with E-state index in [1.54, 1.807) is 14.2 Å². The third-order valence-electron chi connectivity index (χ3n) is 2.87. The van der Waals surface area contributed by atoms with Crippen LogP contribution in [0.2, 0.25) is 0 Å². The lowest BCUT2D eigenvalue weighted by Crippen LogP contribution is -2.18. The molecule has 1 rings (SSSR count). The van der Waals surface area contributed by atoms with Crippen molar-refractivity contribution >= 4 is 15.9 Å². The molecule has 0 aliphatic rings. The minimum absolute atomic E-state index is 0.136. The number of hydrogen-bond donors (Lipinski definition) is 1. The summed E-state index contributed by atoms with van der Waals surface area (Å²) < 4.78 is 16.9. The van der Waals surface area contributed by atoms with E-state index in [1.165, 1.54) is 5.56 Å². The van der Waals surface area contributed by atoms with E-state index in [9.17, 15) is 0 Å². The molecule has 1 aromatic carbocycles. The van der Waals surface area contributed by atoms with E-state index in [2.05, 4.69) is 33.4 Å². The Kier molecular flexibility index (Phi) is 8.85. The van der Waals surface area contributed by atoms with Crippen LogP contribution < -0.4 is 10.1 Å². The summed E-state index contributed by atoms with van der Waals surface area (Å²) >= 11 is 3.56. The van der Waals surface area contributed by atoms with Crippen molar-refractivity contribution in [1.82, 2.24) is 5.32 Å². The minimum atomic E-state index is 0.136. The van der Waals surface area contributed by atoms with Crippen molar-refractivity contribution < 1.29 is 14.2 Å².